The number of carbonyl (C=O) groups is 1. The first kappa shape index (κ1) is 14.1. The number of carbonyl (C=O) groups excluding carboxylic acids is 1. The second-order valence-electron chi connectivity index (χ2n) is 4.30. The molecule has 1 aromatic rings. The SMILES string of the molecule is COC(=O)c1ccc(OC)cc1C#CCC(C)C. The molecular weight excluding hydrogens is 228 g/mol. The Kier molecular flexibility index (Phi) is 5.26. The number of hydrogen-bond acceptors (Lipinski definition) is 3. The van der Waals surface area contributed by atoms with E-state index in [0.29, 0.717) is 22.8 Å². The van der Waals surface area contributed by atoms with E-state index in [1.807, 2.05) is 0 Å². The van der Waals surface area contributed by atoms with Crippen molar-refractivity contribution in [1.82, 2.24) is 0 Å². The topological polar surface area (TPSA) is 35.5 Å². The van der Waals surface area contributed by atoms with Crippen LogP contribution in [0.5, 0.6) is 5.75 Å². The van der Waals surface area contributed by atoms with Gasteiger partial charge < -0.3 is 9.47 Å². The van der Waals surface area contributed by atoms with Gasteiger partial charge in [0.1, 0.15) is 5.75 Å². The van der Waals surface area contributed by atoms with Crippen molar-refractivity contribution in [2.75, 3.05) is 14.2 Å². The van der Waals surface area contributed by atoms with Gasteiger partial charge in [-0.05, 0) is 24.1 Å². The number of hydrogen-bond donors (Lipinski definition) is 0. The smallest absolute Gasteiger partial charge is 0.339 e. The predicted molar refractivity (Wildman–Crippen MR) is 70.7 cm³/mol. The zero-order valence-electron chi connectivity index (χ0n) is 11.2. The van der Waals surface area contributed by atoms with Crippen molar-refractivity contribution >= 4 is 5.97 Å². The van der Waals surface area contributed by atoms with E-state index in [1.54, 1.807) is 25.3 Å². The van der Waals surface area contributed by atoms with E-state index in [1.165, 1.54) is 7.11 Å². The van der Waals surface area contributed by atoms with Crippen LogP contribution in [0, 0.1) is 17.8 Å². The maximum Gasteiger partial charge on any atom is 0.339 e. The second-order valence-corrected chi connectivity index (χ2v) is 4.30. The van der Waals surface area contributed by atoms with Crippen LogP contribution in [0.1, 0.15) is 36.2 Å². The minimum atomic E-state index is -0.383. The molecule has 0 bridgehead atoms. The fourth-order valence-electron chi connectivity index (χ4n) is 1.39. The Morgan fingerprint density at radius 2 is 2.06 bits per heavy atom. The van der Waals surface area contributed by atoms with Crippen molar-refractivity contribution in [2.45, 2.75) is 20.3 Å². The maximum atomic E-state index is 11.6. The van der Waals surface area contributed by atoms with Crippen LogP contribution in [0.3, 0.4) is 0 Å². The van der Waals surface area contributed by atoms with Crippen LogP contribution in [-0.2, 0) is 4.74 Å². The van der Waals surface area contributed by atoms with Crippen LogP contribution in [0.4, 0.5) is 0 Å². The quantitative estimate of drug-likeness (QED) is 0.607. The molecule has 0 fully saturated rings. The molecule has 0 unspecified atom stereocenters. The molecule has 0 spiro atoms. The molecule has 3 nitrogen and oxygen atoms in total. The van der Waals surface area contributed by atoms with Gasteiger partial charge in [0, 0.05) is 12.0 Å². The molecule has 3 heteroatoms. The van der Waals surface area contributed by atoms with E-state index in [4.69, 9.17) is 9.47 Å². The third kappa shape index (κ3) is 3.81. The maximum absolute atomic E-state index is 11.6. The van der Waals surface area contributed by atoms with Gasteiger partial charge in [-0.25, -0.2) is 4.79 Å². The summed E-state index contributed by atoms with van der Waals surface area (Å²) >= 11 is 0. The van der Waals surface area contributed by atoms with Crippen LogP contribution in [0.2, 0.25) is 0 Å². The van der Waals surface area contributed by atoms with Crippen molar-refractivity contribution in [1.29, 1.82) is 0 Å². The van der Waals surface area contributed by atoms with Crippen LogP contribution in [-0.4, -0.2) is 20.2 Å². The molecule has 0 aliphatic rings. The molecular formula is C15H18O3. The molecule has 0 aromatic heterocycles. The zero-order valence-corrected chi connectivity index (χ0v) is 11.2. The normalized spacial score (nSPS) is 9.61. The molecule has 1 aromatic carbocycles. The van der Waals surface area contributed by atoms with Gasteiger partial charge in [-0.2, -0.15) is 0 Å². The number of methoxy groups -OCH3 is 2. The summed E-state index contributed by atoms with van der Waals surface area (Å²) in [5.74, 6) is 6.86. The average molecular weight is 246 g/mol. The van der Waals surface area contributed by atoms with Crippen LogP contribution in [0.15, 0.2) is 18.2 Å². The van der Waals surface area contributed by atoms with Gasteiger partial charge >= 0.3 is 5.97 Å². The Balaban J connectivity index is 3.10. The van der Waals surface area contributed by atoms with Crippen molar-refractivity contribution in [2.24, 2.45) is 5.92 Å². The lowest BCUT2D eigenvalue weighted by Crippen LogP contribution is -2.04. The summed E-state index contributed by atoms with van der Waals surface area (Å²) in [6, 6.07) is 5.14. The highest BCUT2D eigenvalue weighted by atomic mass is 16.5. The van der Waals surface area contributed by atoms with Gasteiger partial charge in [-0.1, -0.05) is 25.7 Å². The van der Waals surface area contributed by atoms with Crippen LogP contribution >= 0.6 is 0 Å². The lowest BCUT2D eigenvalue weighted by atomic mass is 10.1. The number of benzene rings is 1. The minimum absolute atomic E-state index is 0.383. The van der Waals surface area contributed by atoms with Gasteiger partial charge in [0.05, 0.1) is 19.8 Å². The summed E-state index contributed by atoms with van der Waals surface area (Å²) in [6.45, 7) is 4.20. The first-order valence-electron chi connectivity index (χ1n) is 5.83. The molecule has 0 N–H and O–H groups in total. The Bertz CT molecular complexity index is 478. The summed E-state index contributed by atoms with van der Waals surface area (Å²) in [4.78, 5) is 11.6. The predicted octanol–water partition coefficient (Wildman–Crippen LogP) is 2.88. The lowest BCUT2D eigenvalue weighted by molar-refractivity contribution is 0.0600. The highest BCUT2D eigenvalue weighted by Gasteiger charge is 2.11. The molecule has 0 amide bonds. The molecule has 0 aliphatic carbocycles. The Morgan fingerprint density at radius 1 is 1.33 bits per heavy atom. The third-order valence-corrected chi connectivity index (χ3v) is 2.37. The Labute approximate surface area is 108 Å². The minimum Gasteiger partial charge on any atom is -0.497 e. The highest BCUT2D eigenvalue weighted by Crippen LogP contribution is 2.17. The van der Waals surface area contributed by atoms with E-state index < -0.39 is 0 Å². The molecule has 1 rings (SSSR count). The summed E-state index contributed by atoms with van der Waals surface area (Å²) in [7, 11) is 2.94. The Hall–Kier alpha value is -1.95. The van der Waals surface area contributed by atoms with Gasteiger partial charge in [-0.3, -0.25) is 0 Å². The zero-order chi connectivity index (χ0) is 13.5. The second kappa shape index (κ2) is 6.70. The van der Waals surface area contributed by atoms with E-state index >= 15 is 0 Å². The number of ether oxygens (including phenoxy) is 2. The summed E-state index contributed by atoms with van der Waals surface area (Å²) in [5, 5.41) is 0. The van der Waals surface area contributed by atoms with Gasteiger partial charge in [0.25, 0.3) is 0 Å². The molecule has 0 saturated carbocycles. The summed E-state index contributed by atoms with van der Waals surface area (Å²) in [5.41, 5.74) is 1.11. The van der Waals surface area contributed by atoms with Gasteiger partial charge in [-0.15, -0.1) is 0 Å². The molecule has 0 saturated heterocycles. The van der Waals surface area contributed by atoms with Gasteiger partial charge in [0.2, 0.25) is 0 Å². The largest absolute Gasteiger partial charge is 0.497 e. The number of esters is 1. The molecule has 18 heavy (non-hydrogen) atoms. The molecule has 0 aliphatic heterocycles. The first-order valence-corrected chi connectivity index (χ1v) is 5.83. The van der Waals surface area contributed by atoms with E-state index in [9.17, 15) is 4.79 Å². The standard InChI is InChI=1S/C15H18O3/c1-11(2)6-5-7-12-10-13(17-3)8-9-14(12)15(16)18-4/h8-11H,6H2,1-4H3. The van der Waals surface area contributed by atoms with Crippen molar-refractivity contribution in [3.8, 4) is 17.6 Å². The number of rotatable bonds is 3. The first-order chi connectivity index (χ1) is 8.58. The fraction of sp³-hybridized carbons (Fsp3) is 0.400. The van der Waals surface area contributed by atoms with E-state index in [2.05, 4.69) is 25.7 Å². The third-order valence-electron chi connectivity index (χ3n) is 2.37. The average Bonchev–Trinajstić information content (AvgIpc) is 2.37. The molecule has 0 atom stereocenters. The van der Waals surface area contributed by atoms with Crippen LogP contribution < -0.4 is 4.74 Å². The highest BCUT2D eigenvalue weighted by molar-refractivity contribution is 5.92. The summed E-state index contributed by atoms with van der Waals surface area (Å²) < 4.78 is 9.86. The lowest BCUT2D eigenvalue weighted by Gasteiger charge is -2.05. The van der Waals surface area contributed by atoms with Crippen molar-refractivity contribution < 1.29 is 14.3 Å². The molecule has 0 radical (unpaired) electrons. The van der Waals surface area contributed by atoms with E-state index in [0.717, 1.165) is 6.42 Å². The molecule has 0 heterocycles. The van der Waals surface area contributed by atoms with Crippen LogP contribution in [0.25, 0.3) is 0 Å². The monoisotopic (exact) mass is 246 g/mol. The fourth-order valence-corrected chi connectivity index (χ4v) is 1.39. The van der Waals surface area contributed by atoms with Crippen molar-refractivity contribution in [3.05, 3.63) is 29.3 Å². The Morgan fingerprint density at radius 3 is 2.61 bits per heavy atom. The van der Waals surface area contributed by atoms with Crippen molar-refractivity contribution in [3.63, 3.8) is 0 Å². The van der Waals surface area contributed by atoms with Gasteiger partial charge in [0.15, 0.2) is 0 Å². The summed E-state index contributed by atoms with van der Waals surface area (Å²) in [6.07, 6.45) is 0.790. The van der Waals surface area contributed by atoms with E-state index in [-0.39, 0.29) is 5.97 Å². The molecule has 96 valence electrons.